The van der Waals surface area contributed by atoms with Gasteiger partial charge in [0.15, 0.2) is 22.5 Å². The van der Waals surface area contributed by atoms with Gasteiger partial charge in [0.1, 0.15) is 5.69 Å². The summed E-state index contributed by atoms with van der Waals surface area (Å²) in [5, 5.41) is 3.21. The number of nitrogens with two attached hydrogens (primary N) is 2. The van der Waals surface area contributed by atoms with E-state index in [1.54, 1.807) is 12.1 Å². The minimum atomic E-state index is -0.396. The SMILES string of the molecule is Nc1nc(Cl)c(N)c(N[C@@H]2CCOc3c(F)cccc32)n1. The number of nitrogens with zero attached hydrogens (tertiary/aromatic N) is 2. The molecule has 1 aromatic heterocycles. The molecule has 0 aliphatic carbocycles. The van der Waals surface area contributed by atoms with Gasteiger partial charge in [-0.15, -0.1) is 0 Å². The number of aromatic nitrogens is 2. The molecule has 0 unspecified atom stereocenters. The second-order valence-electron chi connectivity index (χ2n) is 4.63. The van der Waals surface area contributed by atoms with Crippen molar-refractivity contribution in [1.29, 1.82) is 0 Å². The van der Waals surface area contributed by atoms with E-state index in [0.29, 0.717) is 24.4 Å². The average Bonchev–Trinajstić information content (AvgIpc) is 2.45. The molecule has 0 amide bonds. The van der Waals surface area contributed by atoms with Crippen LogP contribution in [0.4, 0.5) is 21.8 Å². The molecule has 1 aliphatic rings. The smallest absolute Gasteiger partial charge is 0.223 e. The van der Waals surface area contributed by atoms with Crippen LogP contribution < -0.4 is 21.5 Å². The Morgan fingerprint density at radius 1 is 1.33 bits per heavy atom. The molecule has 2 aromatic rings. The van der Waals surface area contributed by atoms with Gasteiger partial charge < -0.3 is 21.5 Å². The number of ether oxygens (including phenoxy) is 1. The van der Waals surface area contributed by atoms with Gasteiger partial charge in [-0.2, -0.15) is 9.97 Å². The Balaban J connectivity index is 1.96. The van der Waals surface area contributed by atoms with E-state index in [1.165, 1.54) is 6.07 Å². The number of para-hydroxylation sites is 1. The standard InChI is InChI=1S/C13H13ClFN5O/c14-11-9(16)12(20-13(17)19-11)18-8-4-5-21-10-6(8)2-1-3-7(10)15/h1-3,8H,4-5,16H2,(H3,17,18,19,20)/t8-/m1/s1. The Morgan fingerprint density at radius 2 is 2.14 bits per heavy atom. The molecule has 6 nitrogen and oxygen atoms in total. The fourth-order valence-electron chi connectivity index (χ4n) is 2.27. The highest BCUT2D eigenvalue weighted by Crippen LogP contribution is 2.37. The van der Waals surface area contributed by atoms with Crippen LogP contribution >= 0.6 is 11.6 Å². The second kappa shape index (κ2) is 5.25. The zero-order valence-corrected chi connectivity index (χ0v) is 11.7. The van der Waals surface area contributed by atoms with Crippen LogP contribution in [0, 0.1) is 5.82 Å². The van der Waals surface area contributed by atoms with Gasteiger partial charge in [-0.3, -0.25) is 0 Å². The highest BCUT2D eigenvalue weighted by molar-refractivity contribution is 6.32. The predicted molar refractivity (Wildman–Crippen MR) is 78.7 cm³/mol. The molecule has 110 valence electrons. The lowest BCUT2D eigenvalue weighted by molar-refractivity contribution is 0.260. The number of nitrogen functional groups attached to an aromatic ring is 2. The van der Waals surface area contributed by atoms with Gasteiger partial charge in [0, 0.05) is 12.0 Å². The Kier molecular flexibility index (Phi) is 3.42. The molecule has 2 heterocycles. The topological polar surface area (TPSA) is 99.1 Å². The van der Waals surface area contributed by atoms with Gasteiger partial charge in [0.05, 0.1) is 12.6 Å². The van der Waals surface area contributed by atoms with E-state index in [-0.39, 0.29) is 28.6 Å². The van der Waals surface area contributed by atoms with Gasteiger partial charge in [-0.25, -0.2) is 4.39 Å². The minimum absolute atomic E-state index is 0.0169. The number of anilines is 3. The number of halogens is 2. The summed E-state index contributed by atoms with van der Waals surface area (Å²) in [6.45, 7) is 0.389. The molecular weight excluding hydrogens is 297 g/mol. The first-order valence-electron chi connectivity index (χ1n) is 6.32. The van der Waals surface area contributed by atoms with E-state index in [1.807, 2.05) is 0 Å². The largest absolute Gasteiger partial charge is 0.490 e. The number of rotatable bonds is 2. The summed E-state index contributed by atoms with van der Waals surface area (Å²) in [5.41, 5.74) is 12.3. The summed E-state index contributed by atoms with van der Waals surface area (Å²) >= 11 is 5.88. The van der Waals surface area contributed by atoms with Crippen molar-refractivity contribution in [2.24, 2.45) is 0 Å². The molecule has 0 radical (unpaired) electrons. The lowest BCUT2D eigenvalue weighted by Crippen LogP contribution is -2.22. The van der Waals surface area contributed by atoms with E-state index >= 15 is 0 Å². The van der Waals surface area contributed by atoms with Gasteiger partial charge >= 0.3 is 0 Å². The van der Waals surface area contributed by atoms with Crippen LogP contribution in [0.25, 0.3) is 0 Å². The first kappa shape index (κ1) is 13.7. The second-order valence-corrected chi connectivity index (χ2v) is 4.99. The van der Waals surface area contributed by atoms with E-state index in [9.17, 15) is 4.39 Å². The Hall–Kier alpha value is -2.28. The summed E-state index contributed by atoms with van der Waals surface area (Å²) in [4.78, 5) is 7.80. The summed E-state index contributed by atoms with van der Waals surface area (Å²) in [6, 6.07) is 4.58. The van der Waals surface area contributed by atoms with Crippen LogP contribution in [0.15, 0.2) is 18.2 Å². The van der Waals surface area contributed by atoms with Crippen LogP contribution in [0.3, 0.4) is 0 Å². The maximum absolute atomic E-state index is 13.7. The number of hydrogen-bond donors (Lipinski definition) is 3. The molecule has 1 aromatic carbocycles. The lowest BCUT2D eigenvalue weighted by Gasteiger charge is -2.27. The molecule has 3 rings (SSSR count). The highest BCUT2D eigenvalue weighted by atomic mass is 35.5. The molecule has 0 bridgehead atoms. The molecule has 0 saturated heterocycles. The molecule has 0 spiro atoms. The van der Waals surface area contributed by atoms with Crippen LogP contribution in [0.2, 0.25) is 5.15 Å². The van der Waals surface area contributed by atoms with Crippen molar-refractivity contribution in [3.63, 3.8) is 0 Å². The molecule has 1 aliphatic heterocycles. The van der Waals surface area contributed by atoms with E-state index < -0.39 is 5.82 Å². The van der Waals surface area contributed by atoms with Crippen molar-refractivity contribution in [3.05, 3.63) is 34.7 Å². The van der Waals surface area contributed by atoms with Gasteiger partial charge in [0.2, 0.25) is 5.95 Å². The van der Waals surface area contributed by atoms with Crippen molar-refractivity contribution < 1.29 is 9.13 Å². The van der Waals surface area contributed by atoms with E-state index in [0.717, 1.165) is 0 Å². The first-order chi connectivity index (χ1) is 10.1. The third kappa shape index (κ3) is 2.52. The van der Waals surface area contributed by atoms with E-state index in [4.69, 9.17) is 27.8 Å². The van der Waals surface area contributed by atoms with Gasteiger partial charge in [0.25, 0.3) is 0 Å². The maximum atomic E-state index is 13.7. The first-order valence-corrected chi connectivity index (χ1v) is 6.70. The summed E-state index contributed by atoms with van der Waals surface area (Å²) in [5.74, 6) is 0.193. The Bertz CT molecular complexity index is 697. The van der Waals surface area contributed by atoms with Crippen molar-refractivity contribution in [2.75, 3.05) is 23.4 Å². The minimum Gasteiger partial charge on any atom is -0.490 e. The monoisotopic (exact) mass is 309 g/mol. The molecule has 8 heteroatoms. The van der Waals surface area contributed by atoms with Crippen LogP contribution in [0.1, 0.15) is 18.0 Å². The van der Waals surface area contributed by atoms with Gasteiger partial charge in [-0.05, 0) is 6.07 Å². The quantitative estimate of drug-likeness (QED) is 0.737. The highest BCUT2D eigenvalue weighted by Gasteiger charge is 2.25. The van der Waals surface area contributed by atoms with E-state index in [2.05, 4.69) is 15.3 Å². The Morgan fingerprint density at radius 3 is 2.95 bits per heavy atom. The van der Waals surface area contributed by atoms with Gasteiger partial charge in [-0.1, -0.05) is 23.7 Å². The maximum Gasteiger partial charge on any atom is 0.223 e. The van der Waals surface area contributed by atoms with Crippen molar-refractivity contribution in [2.45, 2.75) is 12.5 Å². The zero-order chi connectivity index (χ0) is 15.0. The number of nitrogens with one attached hydrogen (secondary N) is 1. The molecule has 0 fully saturated rings. The zero-order valence-electron chi connectivity index (χ0n) is 10.9. The van der Waals surface area contributed by atoms with Crippen molar-refractivity contribution >= 4 is 29.1 Å². The summed E-state index contributed by atoms with van der Waals surface area (Å²) < 4.78 is 19.1. The molecule has 21 heavy (non-hydrogen) atoms. The third-order valence-electron chi connectivity index (χ3n) is 3.25. The number of fused-ring (bicyclic) bond motifs is 1. The molecule has 0 saturated carbocycles. The molecule has 5 N–H and O–H groups in total. The molecular formula is C13H13ClFN5O. The van der Waals surface area contributed by atoms with Crippen molar-refractivity contribution in [3.8, 4) is 5.75 Å². The predicted octanol–water partition coefficient (Wildman–Crippen LogP) is 2.37. The normalized spacial score (nSPS) is 17.0. The molecule has 1 atom stereocenters. The number of benzene rings is 1. The fourth-order valence-corrected chi connectivity index (χ4v) is 2.45. The fraction of sp³-hybridized carbons (Fsp3) is 0.231. The average molecular weight is 310 g/mol. The van der Waals surface area contributed by atoms with Crippen LogP contribution in [-0.4, -0.2) is 16.6 Å². The number of hydrogen-bond acceptors (Lipinski definition) is 6. The van der Waals surface area contributed by atoms with Crippen LogP contribution in [-0.2, 0) is 0 Å². The lowest BCUT2D eigenvalue weighted by atomic mass is 10.0. The van der Waals surface area contributed by atoms with Crippen molar-refractivity contribution in [1.82, 2.24) is 9.97 Å². The Labute approximate surface area is 125 Å². The summed E-state index contributed by atoms with van der Waals surface area (Å²) in [6.07, 6.45) is 0.636. The summed E-state index contributed by atoms with van der Waals surface area (Å²) in [7, 11) is 0. The van der Waals surface area contributed by atoms with Crippen LogP contribution in [0.5, 0.6) is 5.75 Å². The third-order valence-corrected chi connectivity index (χ3v) is 3.54.